The number of aliphatic hydroxyl groups is 8. The molecule has 2 heterocycles. The summed E-state index contributed by atoms with van der Waals surface area (Å²) in [7, 11) is 0. The van der Waals surface area contributed by atoms with Crippen LogP contribution in [0.4, 0.5) is 0 Å². The second kappa shape index (κ2) is 44.8. The fourth-order valence-electron chi connectivity index (χ4n) is 9.28. The maximum Gasteiger partial charge on any atom is 0.220 e. The van der Waals surface area contributed by atoms with E-state index in [0.717, 1.165) is 70.6 Å². The Labute approximate surface area is 441 Å². The molecule has 14 nitrogen and oxygen atoms in total. The number of hydrogen-bond donors (Lipinski definition) is 9. The highest BCUT2D eigenvalue weighted by Crippen LogP contribution is 2.30. The Morgan fingerprint density at radius 1 is 0.507 bits per heavy atom. The Kier molecular flexibility index (Phi) is 41.0. The van der Waals surface area contributed by atoms with Gasteiger partial charge in [-0.3, -0.25) is 4.79 Å². The molecule has 0 aliphatic carbocycles. The average molecular weight is 1040 g/mol. The summed E-state index contributed by atoms with van der Waals surface area (Å²) in [6.07, 6.45) is 40.2. The lowest BCUT2D eigenvalue weighted by Gasteiger charge is -2.46. The van der Waals surface area contributed by atoms with Crippen LogP contribution in [0, 0.1) is 0 Å². The van der Waals surface area contributed by atoms with E-state index in [1.54, 1.807) is 6.08 Å². The van der Waals surface area contributed by atoms with Crippen LogP contribution < -0.4 is 5.32 Å². The molecule has 0 aromatic rings. The van der Waals surface area contributed by atoms with Crippen LogP contribution >= 0.6 is 0 Å². The molecule has 0 bridgehead atoms. The first-order chi connectivity index (χ1) is 35.6. The minimum atomic E-state index is -1.79. The number of ether oxygens (including phenoxy) is 4. The van der Waals surface area contributed by atoms with Crippen molar-refractivity contribution in [3.63, 3.8) is 0 Å². The predicted molar refractivity (Wildman–Crippen MR) is 290 cm³/mol. The summed E-state index contributed by atoms with van der Waals surface area (Å²) in [5.74, 6) is -0.243. The standard InChI is InChI=1S/C59H105NO13/c1-3-5-7-9-11-13-14-15-16-17-18-19-20-21-22-23-24-25-26-27-28-29-30-31-32-33-34-35-37-39-41-43-51(64)60-47(48(63)42-40-38-36-12-10-8-6-4-2)46-70-58-56(69)54(67)57(50(45-62)72-58)73-59-55(68)53(66)52(65)49(44-61)71-59/h5,7,11,13,15-16,18-19,40,42,47-50,52-59,61-63,65-69H,3-4,6,8-10,12,14,17,20-39,41,43-46H2,1-2H3,(H,60,64)/b7-5-,13-11-,16-15-,19-18-,42-40+. The van der Waals surface area contributed by atoms with E-state index in [1.165, 1.54) is 116 Å². The third-order valence-corrected chi connectivity index (χ3v) is 14.0. The number of aliphatic hydroxyl groups excluding tert-OH is 8. The highest BCUT2D eigenvalue weighted by molar-refractivity contribution is 5.76. The SMILES string of the molecule is CC/C=C\C/C=C\C/C=C\C/C=C\CCCCCCCCCCCCCCCCCCCCC(=O)NC(COC1OC(CO)C(OC2OC(CO)C(O)C(O)C2O)C(O)C1O)C(O)/C=C/CCCCCCCC. The van der Waals surface area contributed by atoms with Gasteiger partial charge in [-0.15, -0.1) is 0 Å². The van der Waals surface area contributed by atoms with Crippen LogP contribution in [0.3, 0.4) is 0 Å². The van der Waals surface area contributed by atoms with Gasteiger partial charge in [0.2, 0.25) is 5.91 Å². The molecule has 2 aliphatic rings. The molecule has 9 N–H and O–H groups in total. The molecule has 12 atom stereocenters. The van der Waals surface area contributed by atoms with Crippen LogP contribution in [0.25, 0.3) is 0 Å². The van der Waals surface area contributed by atoms with Crippen LogP contribution in [0.2, 0.25) is 0 Å². The van der Waals surface area contributed by atoms with Crippen molar-refractivity contribution in [1.29, 1.82) is 0 Å². The first-order valence-corrected chi connectivity index (χ1v) is 29.0. The van der Waals surface area contributed by atoms with Gasteiger partial charge in [-0.2, -0.15) is 0 Å². The van der Waals surface area contributed by atoms with Gasteiger partial charge in [-0.25, -0.2) is 0 Å². The number of nitrogens with one attached hydrogen (secondary N) is 1. The smallest absolute Gasteiger partial charge is 0.220 e. The van der Waals surface area contributed by atoms with Gasteiger partial charge in [0.25, 0.3) is 0 Å². The van der Waals surface area contributed by atoms with Gasteiger partial charge >= 0.3 is 0 Å². The van der Waals surface area contributed by atoms with Crippen molar-refractivity contribution in [1.82, 2.24) is 5.32 Å². The first-order valence-electron chi connectivity index (χ1n) is 29.0. The van der Waals surface area contributed by atoms with E-state index < -0.39 is 86.8 Å². The van der Waals surface area contributed by atoms with Crippen LogP contribution in [0.1, 0.15) is 213 Å². The second-order valence-electron chi connectivity index (χ2n) is 20.4. The number of carbonyl (C=O) groups is 1. The van der Waals surface area contributed by atoms with Crippen molar-refractivity contribution in [2.75, 3.05) is 19.8 Å². The topological polar surface area (TPSA) is 228 Å². The second-order valence-corrected chi connectivity index (χ2v) is 20.4. The number of carbonyl (C=O) groups excluding carboxylic acids is 1. The molecule has 14 heteroatoms. The highest BCUT2D eigenvalue weighted by Gasteiger charge is 2.51. The third-order valence-electron chi connectivity index (χ3n) is 14.0. The van der Waals surface area contributed by atoms with E-state index in [9.17, 15) is 45.6 Å². The van der Waals surface area contributed by atoms with Crippen molar-refractivity contribution < 1.29 is 64.6 Å². The minimum Gasteiger partial charge on any atom is -0.394 e. The fraction of sp³-hybridized carbons (Fsp3) is 0.814. The van der Waals surface area contributed by atoms with Crippen molar-refractivity contribution in [2.24, 2.45) is 0 Å². The van der Waals surface area contributed by atoms with Gasteiger partial charge in [0.05, 0.1) is 32.0 Å². The number of unbranched alkanes of at least 4 members (excludes halogenated alkanes) is 24. The van der Waals surface area contributed by atoms with Crippen LogP contribution in [0.15, 0.2) is 60.8 Å². The molecule has 0 radical (unpaired) electrons. The van der Waals surface area contributed by atoms with Crippen molar-refractivity contribution in [2.45, 2.75) is 286 Å². The predicted octanol–water partition coefficient (Wildman–Crippen LogP) is 9.39. The molecule has 0 saturated carbocycles. The van der Waals surface area contributed by atoms with E-state index in [4.69, 9.17) is 18.9 Å². The molecule has 2 aliphatic heterocycles. The molecule has 424 valence electrons. The van der Waals surface area contributed by atoms with E-state index >= 15 is 0 Å². The summed E-state index contributed by atoms with van der Waals surface area (Å²) in [5.41, 5.74) is 0. The van der Waals surface area contributed by atoms with Crippen molar-refractivity contribution in [3.8, 4) is 0 Å². The zero-order valence-electron chi connectivity index (χ0n) is 45.4. The normalized spacial score (nSPS) is 25.8. The molecule has 2 fully saturated rings. The minimum absolute atomic E-state index is 0.243. The van der Waals surface area contributed by atoms with Gasteiger partial charge in [0, 0.05) is 6.42 Å². The summed E-state index contributed by atoms with van der Waals surface area (Å²) < 4.78 is 22.7. The van der Waals surface area contributed by atoms with E-state index in [1.807, 2.05) is 6.08 Å². The fourth-order valence-corrected chi connectivity index (χ4v) is 9.28. The van der Waals surface area contributed by atoms with E-state index in [0.29, 0.717) is 6.42 Å². The molecule has 12 unspecified atom stereocenters. The van der Waals surface area contributed by atoms with Gasteiger partial charge < -0.3 is 65.1 Å². The largest absolute Gasteiger partial charge is 0.394 e. The molecular formula is C59H105NO13. The zero-order chi connectivity index (χ0) is 53.2. The molecule has 2 rings (SSSR count). The molecule has 0 aromatic heterocycles. The Morgan fingerprint density at radius 3 is 1.45 bits per heavy atom. The first kappa shape index (κ1) is 66.8. The Bertz CT molecular complexity index is 1450. The highest BCUT2D eigenvalue weighted by atomic mass is 16.7. The van der Waals surface area contributed by atoms with E-state index in [2.05, 4.69) is 67.8 Å². The number of allylic oxidation sites excluding steroid dienone is 9. The quantitative estimate of drug-likeness (QED) is 0.0205. The van der Waals surface area contributed by atoms with Crippen LogP contribution in [-0.4, -0.2) is 140 Å². The lowest BCUT2D eigenvalue weighted by Crippen LogP contribution is -2.65. The Balaban J connectivity index is 1.61. The number of amides is 1. The Morgan fingerprint density at radius 2 is 0.945 bits per heavy atom. The van der Waals surface area contributed by atoms with Crippen LogP contribution in [-0.2, 0) is 23.7 Å². The van der Waals surface area contributed by atoms with Crippen molar-refractivity contribution >= 4 is 5.91 Å². The monoisotopic (exact) mass is 1040 g/mol. The van der Waals surface area contributed by atoms with Gasteiger partial charge in [-0.05, 0) is 57.8 Å². The zero-order valence-corrected chi connectivity index (χ0v) is 45.4. The molecule has 2 saturated heterocycles. The van der Waals surface area contributed by atoms with E-state index in [-0.39, 0.29) is 18.9 Å². The summed E-state index contributed by atoms with van der Waals surface area (Å²) in [4.78, 5) is 13.2. The van der Waals surface area contributed by atoms with Gasteiger partial charge in [-0.1, -0.05) is 209 Å². The lowest BCUT2D eigenvalue weighted by molar-refractivity contribution is -0.359. The summed E-state index contributed by atoms with van der Waals surface area (Å²) in [5, 5.41) is 86.7. The average Bonchev–Trinajstić information content (AvgIpc) is 3.39. The summed E-state index contributed by atoms with van der Waals surface area (Å²) in [6, 6.07) is -0.912. The van der Waals surface area contributed by atoms with Crippen molar-refractivity contribution in [3.05, 3.63) is 60.8 Å². The van der Waals surface area contributed by atoms with Gasteiger partial charge in [0.15, 0.2) is 12.6 Å². The molecule has 73 heavy (non-hydrogen) atoms. The molecular weight excluding hydrogens is 931 g/mol. The summed E-state index contributed by atoms with van der Waals surface area (Å²) >= 11 is 0. The van der Waals surface area contributed by atoms with Gasteiger partial charge in [0.1, 0.15) is 48.8 Å². The third kappa shape index (κ3) is 30.9. The molecule has 0 spiro atoms. The Hall–Kier alpha value is -2.31. The molecule has 1 amide bonds. The summed E-state index contributed by atoms with van der Waals surface area (Å²) in [6.45, 7) is 2.63. The maximum atomic E-state index is 13.2. The van der Waals surface area contributed by atoms with Crippen LogP contribution in [0.5, 0.6) is 0 Å². The maximum absolute atomic E-state index is 13.2. The number of rotatable bonds is 45. The lowest BCUT2D eigenvalue weighted by atomic mass is 9.97. The number of hydrogen-bond acceptors (Lipinski definition) is 13. The molecule has 0 aromatic carbocycles.